The fourth-order valence-electron chi connectivity index (χ4n) is 3.81. The van der Waals surface area contributed by atoms with Gasteiger partial charge < -0.3 is 9.73 Å². The summed E-state index contributed by atoms with van der Waals surface area (Å²) in [4.78, 5) is 25.7. The molecule has 10 heteroatoms. The summed E-state index contributed by atoms with van der Waals surface area (Å²) in [6.45, 7) is 2.50. The minimum absolute atomic E-state index is 0.0341. The quantitative estimate of drug-likeness (QED) is 0.384. The number of benzene rings is 2. The molecule has 0 spiro atoms. The van der Waals surface area contributed by atoms with Crippen LogP contribution in [0.4, 0.5) is 5.69 Å². The first kappa shape index (κ1) is 20.8. The van der Waals surface area contributed by atoms with Gasteiger partial charge in [0.05, 0.1) is 16.7 Å². The summed E-state index contributed by atoms with van der Waals surface area (Å²) in [6, 6.07) is 16.4. The van der Waals surface area contributed by atoms with Crippen LogP contribution in [0.15, 0.2) is 62.9 Å². The lowest BCUT2D eigenvalue weighted by Crippen LogP contribution is -2.23. The predicted octanol–water partition coefficient (Wildman–Crippen LogP) is 3.80. The SMILES string of the molecule is CCCn1c(=O)c2ccccc2n2c(SCC(=O)Nc3c(C#N)oc4ccccc34)nnc12. The molecule has 0 aliphatic heterocycles. The molecule has 1 amide bonds. The second kappa shape index (κ2) is 8.44. The number of carbonyl (C=O) groups excluding carboxylic acids is 1. The first-order valence-electron chi connectivity index (χ1n) is 10.3. The van der Waals surface area contributed by atoms with Gasteiger partial charge in [0.25, 0.3) is 5.56 Å². The molecule has 5 rings (SSSR count). The van der Waals surface area contributed by atoms with E-state index in [-0.39, 0.29) is 23.0 Å². The molecule has 9 nitrogen and oxygen atoms in total. The van der Waals surface area contributed by atoms with Crippen molar-refractivity contribution in [1.29, 1.82) is 5.26 Å². The number of hydrogen-bond acceptors (Lipinski definition) is 7. The Bertz CT molecular complexity index is 1620. The van der Waals surface area contributed by atoms with Crippen LogP contribution in [-0.4, -0.2) is 30.8 Å². The van der Waals surface area contributed by atoms with E-state index in [1.54, 1.807) is 33.2 Å². The van der Waals surface area contributed by atoms with Gasteiger partial charge in [0.15, 0.2) is 5.16 Å². The van der Waals surface area contributed by atoms with Crippen LogP contribution in [0, 0.1) is 11.3 Å². The van der Waals surface area contributed by atoms with Gasteiger partial charge in [-0.2, -0.15) is 5.26 Å². The maximum Gasteiger partial charge on any atom is 0.262 e. The summed E-state index contributed by atoms with van der Waals surface area (Å²) in [7, 11) is 0. The molecule has 0 unspecified atom stereocenters. The largest absolute Gasteiger partial charge is 0.443 e. The molecular weight excluding hydrogens is 440 g/mol. The lowest BCUT2D eigenvalue weighted by atomic mass is 10.2. The van der Waals surface area contributed by atoms with Crippen molar-refractivity contribution in [3.05, 3.63) is 64.6 Å². The minimum atomic E-state index is -0.314. The molecule has 3 heterocycles. The molecule has 0 aliphatic rings. The average molecular weight is 459 g/mol. The molecule has 0 saturated carbocycles. The Morgan fingerprint density at radius 3 is 2.70 bits per heavy atom. The van der Waals surface area contributed by atoms with E-state index in [9.17, 15) is 14.9 Å². The molecule has 0 radical (unpaired) electrons. The van der Waals surface area contributed by atoms with Gasteiger partial charge >= 0.3 is 0 Å². The number of fused-ring (bicyclic) bond motifs is 4. The summed E-state index contributed by atoms with van der Waals surface area (Å²) in [6.07, 6.45) is 0.769. The van der Waals surface area contributed by atoms with Crippen LogP contribution in [0.1, 0.15) is 19.1 Å². The van der Waals surface area contributed by atoms with Gasteiger partial charge in [-0.15, -0.1) is 10.2 Å². The van der Waals surface area contributed by atoms with Crippen molar-refractivity contribution < 1.29 is 9.21 Å². The van der Waals surface area contributed by atoms with Gasteiger partial charge in [-0.05, 0) is 30.7 Å². The number of nitrogens with one attached hydrogen (secondary N) is 1. The Labute approximate surface area is 191 Å². The average Bonchev–Trinajstić information content (AvgIpc) is 3.42. The minimum Gasteiger partial charge on any atom is -0.443 e. The number of para-hydroxylation sites is 2. The molecule has 0 saturated heterocycles. The molecule has 1 N–H and O–H groups in total. The third-order valence-corrected chi connectivity index (χ3v) is 6.15. The highest BCUT2D eigenvalue weighted by Crippen LogP contribution is 2.30. The molecule has 3 aromatic heterocycles. The summed E-state index contributed by atoms with van der Waals surface area (Å²) >= 11 is 1.20. The first-order chi connectivity index (χ1) is 16.1. The van der Waals surface area contributed by atoms with Gasteiger partial charge in [0.1, 0.15) is 17.3 Å². The highest BCUT2D eigenvalue weighted by Gasteiger charge is 2.19. The number of carbonyl (C=O) groups is 1. The maximum absolute atomic E-state index is 12.9. The Morgan fingerprint density at radius 2 is 1.91 bits per heavy atom. The monoisotopic (exact) mass is 458 g/mol. The first-order valence-corrected chi connectivity index (χ1v) is 11.3. The van der Waals surface area contributed by atoms with E-state index in [4.69, 9.17) is 4.42 Å². The van der Waals surface area contributed by atoms with Crippen molar-refractivity contribution in [2.75, 3.05) is 11.1 Å². The van der Waals surface area contributed by atoms with E-state index < -0.39 is 0 Å². The fraction of sp³-hybridized carbons (Fsp3) is 0.174. The molecular formula is C23H18N6O3S. The Hall–Kier alpha value is -4.10. The van der Waals surface area contributed by atoms with Gasteiger partial charge in [0, 0.05) is 11.9 Å². The maximum atomic E-state index is 12.9. The summed E-state index contributed by atoms with van der Waals surface area (Å²) < 4.78 is 8.92. The number of nitrogens with zero attached hydrogens (tertiary/aromatic N) is 5. The third kappa shape index (κ3) is 3.52. The number of furan rings is 1. The van der Waals surface area contributed by atoms with Crippen LogP contribution in [0.3, 0.4) is 0 Å². The normalized spacial score (nSPS) is 11.3. The molecule has 0 atom stereocenters. The number of amides is 1. The Balaban J connectivity index is 1.47. The van der Waals surface area contributed by atoms with Crippen molar-refractivity contribution in [1.82, 2.24) is 19.2 Å². The standard InChI is InChI=1S/C23H18N6O3S/c1-2-11-28-21(31)14-7-3-5-9-16(14)29-22(28)26-27-23(29)33-13-19(30)25-20-15-8-4-6-10-17(15)32-18(20)12-24/h3-10H,2,11,13H2,1H3,(H,25,30). The van der Waals surface area contributed by atoms with Gasteiger partial charge in [0.2, 0.25) is 17.4 Å². The number of nitriles is 1. The van der Waals surface area contributed by atoms with E-state index in [1.165, 1.54) is 11.8 Å². The topological polar surface area (TPSA) is 118 Å². The van der Waals surface area contributed by atoms with E-state index in [0.29, 0.717) is 45.0 Å². The van der Waals surface area contributed by atoms with Crippen molar-refractivity contribution in [3.63, 3.8) is 0 Å². The zero-order chi connectivity index (χ0) is 22.9. The molecule has 0 fully saturated rings. The van der Waals surface area contributed by atoms with E-state index in [0.717, 1.165) is 6.42 Å². The van der Waals surface area contributed by atoms with Crippen LogP contribution in [0.2, 0.25) is 0 Å². The van der Waals surface area contributed by atoms with Crippen LogP contribution in [-0.2, 0) is 11.3 Å². The van der Waals surface area contributed by atoms with Crippen LogP contribution < -0.4 is 10.9 Å². The highest BCUT2D eigenvalue weighted by atomic mass is 32.2. The fourth-order valence-corrected chi connectivity index (χ4v) is 4.55. The number of anilines is 1. The van der Waals surface area contributed by atoms with Crippen molar-refractivity contribution in [3.8, 4) is 6.07 Å². The van der Waals surface area contributed by atoms with Crippen LogP contribution in [0.25, 0.3) is 27.6 Å². The summed E-state index contributed by atoms with van der Waals surface area (Å²) in [5.41, 5.74) is 1.45. The molecule has 33 heavy (non-hydrogen) atoms. The second-order valence-corrected chi connectivity index (χ2v) is 8.29. The Kier molecular flexibility index (Phi) is 5.32. The molecule has 0 aliphatic carbocycles. The van der Waals surface area contributed by atoms with Gasteiger partial charge in [-0.1, -0.05) is 43.0 Å². The third-order valence-electron chi connectivity index (χ3n) is 5.22. The molecule has 2 aromatic carbocycles. The molecule has 164 valence electrons. The summed E-state index contributed by atoms with van der Waals surface area (Å²) in [5, 5.41) is 22.4. The zero-order valence-electron chi connectivity index (χ0n) is 17.6. The van der Waals surface area contributed by atoms with Crippen molar-refractivity contribution in [2.45, 2.75) is 25.0 Å². The van der Waals surface area contributed by atoms with E-state index >= 15 is 0 Å². The zero-order valence-corrected chi connectivity index (χ0v) is 18.4. The van der Waals surface area contributed by atoms with E-state index in [2.05, 4.69) is 15.5 Å². The smallest absolute Gasteiger partial charge is 0.262 e. The number of hydrogen-bond donors (Lipinski definition) is 1. The number of aromatic nitrogens is 4. The van der Waals surface area contributed by atoms with Crippen molar-refractivity contribution >= 4 is 51.0 Å². The highest BCUT2D eigenvalue weighted by molar-refractivity contribution is 7.99. The summed E-state index contributed by atoms with van der Waals surface area (Å²) in [5.74, 6) is 0.214. The number of rotatable bonds is 6. The van der Waals surface area contributed by atoms with Crippen LogP contribution in [0.5, 0.6) is 0 Å². The molecule has 5 aromatic rings. The lowest BCUT2D eigenvalue weighted by Gasteiger charge is -2.10. The number of aryl methyl sites for hydroxylation is 1. The van der Waals surface area contributed by atoms with Gasteiger partial charge in [-0.3, -0.25) is 18.6 Å². The van der Waals surface area contributed by atoms with Crippen LogP contribution >= 0.6 is 11.8 Å². The van der Waals surface area contributed by atoms with Crippen molar-refractivity contribution in [2.24, 2.45) is 0 Å². The van der Waals surface area contributed by atoms with Gasteiger partial charge in [-0.25, -0.2) is 0 Å². The Morgan fingerprint density at radius 1 is 1.15 bits per heavy atom. The lowest BCUT2D eigenvalue weighted by molar-refractivity contribution is -0.113. The molecule has 0 bridgehead atoms. The second-order valence-electron chi connectivity index (χ2n) is 7.34. The number of thioether (sulfide) groups is 1. The van der Waals surface area contributed by atoms with E-state index in [1.807, 2.05) is 37.3 Å². The predicted molar refractivity (Wildman–Crippen MR) is 125 cm³/mol.